The van der Waals surface area contributed by atoms with Crippen molar-refractivity contribution in [2.24, 2.45) is 5.92 Å². The first-order chi connectivity index (χ1) is 4.68. The maximum absolute atomic E-state index is 10.7. The van der Waals surface area contributed by atoms with Gasteiger partial charge in [-0.2, -0.15) is 0 Å². The van der Waals surface area contributed by atoms with Gasteiger partial charge in [-0.15, -0.1) is 11.6 Å². The van der Waals surface area contributed by atoms with Crippen LogP contribution in [0.5, 0.6) is 0 Å². The quantitative estimate of drug-likeness (QED) is 0.360. The summed E-state index contributed by atoms with van der Waals surface area (Å²) in [6, 6.07) is 0. The van der Waals surface area contributed by atoms with Crippen molar-refractivity contribution in [1.82, 2.24) is 0 Å². The lowest BCUT2D eigenvalue weighted by molar-refractivity contribution is -0.141. The summed E-state index contributed by atoms with van der Waals surface area (Å²) in [5.41, 5.74) is 0. The Balaban J connectivity index is 3.49. The molecule has 0 aromatic carbocycles. The Labute approximate surface area is 65.8 Å². The average Bonchev–Trinajstić information content (AvgIpc) is 1.88. The average molecular weight is 163 g/mol. The van der Waals surface area contributed by atoms with Crippen LogP contribution in [0.4, 0.5) is 0 Å². The summed E-state index contributed by atoms with van der Waals surface area (Å²) in [6.07, 6.45) is 2.89. The Hall–Kier alpha value is -0.500. The van der Waals surface area contributed by atoms with E-state index in [0.29, 0.717) is 5.88 Å². The minimum Gasteiger partial charge on any atom is -0.435 e. The topological polar surface area (TPSA) is 26.3 Å². The number of carbonyl (C=O) groups excluding carboxylic acids is 1. The highest BCUT2D eigenvalue weighted by atomic mass is 35.5. The predicted octanol–water partition coefficient (Wildman–Crippen LogP) is 1.94. The predicted molar refractivity (Wildman–Crippen MR) is 40.8 cm³/mol. The summed E-state index contributed by atoms with van der Waals surface area (Å²) < 4.78 is 4.64. The number of rotatable bonds is 3. The molecular formula is C7H11ClO2. The van der Waals surface area contributed by atoms with E-state index in [0.717, 1.165) is 0 Å². The van der Waals surface area contributed by atoms with E-state index in [1.165, 1.54) is 6.26 Å². The summed E-state index contributed by atoms with van der Waals surface area (Å²) in [7, 11) is 0. The highest BCUT2D eigenvalue weighted by Gasteiger charge is 2.04. The lowest BCUT2D eigenvalue weighted by atomic mass is 10.2. The van der Waals surface area contributed by atoms with E-state index in [9.17, 15) is 4.79 Å². The van der Waals surface area contributed by atoms with Crippen LogP contribution < -0.4 is 0 Å². The summed E-state index contributed by atoms with van der Waals surface area (Å²) in [5.74, 6) is 0.0482. The lowest BCUT2D eigenvalue weighted by Crippen LogP contribution is -2.07. The van der Waals surface area contributed by atoms with Gasteiger partial charge in [0.2, 0.25) is 0 Å². The molecule has 0 aromatic heterocycles. The zero-order valence-corrected chi connectivity index (χ0v) is 6.89. The van der Waals surface area contributed by atoms with Crippen molar-refractivity contribution in [2.75, 3.05) is 5.88 Å². The Morgan fingerprint density at radius 1 is 1.70 bits per heavy atom. The molecule has 0 aromatic rings. The summed E-state index contributed by atoms with van der Waals surface area (Å²) in [4.78, 5) is 10.7. The molecule has 0 aliphatic rings. The molecule has 0 rings (SSSR count). The molecule has 0 saturated heterocycles. The SMILES string of the molecule is CC(C)C(=O)O/C=C/CCl. The number of esters is 1. The van der Waals surface area contributed by atoms with Gasteiger partial charge >= 0.3 is 5.97 Å². The molecule has 0 N–H and O–H groups in total. The maximum Gasteiger partial charge on any atom is 0.313 e. The van der Waals surface area contributed by atoms with Gasteiger partial charge in [0, 0.05) is 5.88 Å². The second-order valence-electron chi connectivity index (χ2n) is 2.12. The molecule has 10 heavy (non-hydrogen) atoms. The minimum atomic E-state index is -0.235. The molecule has 0 radical (unpaired) electrons. The number of carbonyl (C=O) groups is 1. The third kappa shape index (κ3) is 4.39. The molecule has 0 aliphatic heterocycles. The van der Waals surface area contributed by atoms with Gasteiger partial charge in [0.1, 0.15) is 0 Å². The van der Waals surface area contributed by atoms with Crippen LogP contribution in [0.2, 0.25) is 0 Å². The van der Waals surface area contributed by atoms with E-state index in [1.54, 1.807) is 19.9 Å². The third-order valence-electron chi connectivity index (χ3n) is 0.841. The van der Waals surface area contributed by atoms with Crippen molar-refractivity contribution < 1.29 is 9.53 Å². The molecule has 0 unspecified atom stereocenters. The van der Waals surface area contributed by atoms with Gasteiger partial charge in [-0.25, -0.2) is 0 Å². The second kappa shape index (κ2) is 5.30. The van der Waals surface area contributed by atoms with E-state index in [1.807, 2.05) is 0 Å². The zero-order chi connectivity index (χ0) is 7.98. The first kappa shape index (κ1) is 9.50. The van der Waals surface area contributed by atoms with Crippen LogP contribution in [0.15, 0.2) is 12.3 Å². The third-order valence-corrected chi connectivity index (χ3v) is 1.02. The van der Waals surface area contributed by atoms with Crippen LogP contribution in [0, 0.1) is 5.92 Å². The van der Waals surface area contributed by atoms with Crippen LogP contribution in [-0.4, -0.2) is 11.8 Å². The van der Waals surface area contributed by atoms with Gasteiger partial charge in [-0.05, 0) is 6.08 Å². The number of alkyl halides is 1. The summed E-state index contributed by atoms with van der Waals surface area (Å²) >= 11 is 5.29. The number of ether oxygens (including phenoxy) is 1. The van der Waals surface area contributed by atoms with Crippen LogP contribution in [0.1, 0.15) is 13.8 Å². The van der Waals surface area contributed by atoms with Crippen LogP contribution in [0.25, 0.3) is 0 Å². The first-order valence-electron chi connectivity index (χ1n) is 3.10. The molecule has 0 fully saturated rings. The first-order valence-corrected chi connectivity index (χ1v) is 3.63. The smallest absolute Gasteiger partial charge is 0.313 e. The molecule has 0 atom stereocenters. The second-order valence-corrected chi connectivity index (χ2v) is 2.43. The molecule has 58 valence electrons. The fourth-order valence-corrected chi connectivity index (χ4v) is 0.360. The Kier molecular flexibility index (Phi) is 5.03. The normalized spacial score (nSPS) is 10.8. The van der Waals surface area contributed by atoms with Crippen LogP contribution in [-0.2, 0) is 9.53 Å². The van der Waals surface area contributed by atoms with E-state index in [-0.39, 0.29) is 11.9 Å². The fourth-order valence-electron chi connectivity index (χ4n) is 0.288. The standard InChI is InChI=1S/C7H11ClO2/c1-6(2)7(9)10-5-3-4-8/h3,5-6H,4H2,1-2H3/b5-3+. The van der Waals surface area contributed by atoms with E-state index in [2.05, 4.69) is 4.74 Å². The van der Waals surface area contributed by atoms with Crippen LogP contribution >= 0.6 is 11.6 Å². The molecule has 0 bridgehead atoms. The highest BCUT2D eigenvalue weighted by Crippen LogP contribution is 1.95. The van der Waals surface area contributed by atoms with Crippen molar-refractivity contribution in [3.63, 3.8) is 0 Å². The number of hydrogen-bond acceptors (Lipinski definition) is 2. The molecular weight excluding hydrogens is 152 g/mol. The Morgan fingerprint density at radius 2 is 2.30 bits per heavy atom. The fraction of sp³-hybridized carbons (Fsp3) is 0.571. The molecule has 0 spiro atoms. The van der Waals surface area contributed by atoms with Crippen molar-refractivity contribution in [3.8, 4) is 0 Å². The zero-order valence-electron chi connectivity index (χ0n) is 6.13. The van der Waals surface area contributed by atoms with Gasteiger partial charge in [0.15, 0.2) is 0 Å². The summed E-state index contributed by atoms with van der Waals surface area (Å²) in [5, 5.41) is 0. The van der Waals surface area contributed by atoms with E-state index >= 15 is 0 Å². The summed E-state index contributed by atoms with van der Waals surface area (Å²) in [6.45, 7) is 3.55. The van der Waals surface area contributed by atoms with Crippen molar-refractivity contribution >= 4 is 17.6 Å². The van der Waals surface area contributed by atoms with E-state index < -0.39 is 0 Å². The Bertz CT molecular complexity index is 130. The lowest BCUT2D eigenvalue weighted by Gasteiger charge is -1.99. The van der Waals surface area contributed by atoms with Crippen molar-refractivity contribution in [1.29, 1.82) is 0 Å². The molecule has 0 heterocycles. The maximum atomic E-state index is 10.7. The minimum absolute atomic E-state index is 0.0834. The molecule has 3 heteroatoms. The van der Waals surface area contributed by atoms with Gasteiger partial charge in [0.25, 0.3) is 0 Å². The van der Waals surface area contributed by atoms with E-state index in [4.69, 9.17) is 11.6 Å². The van der Waals surface area contributed by atoms with Crippen LogP contribution in [0.3, 0.4) is 0 Å². The largest absolute Gasteiger partial charge is 0.435 e. The molecule has 2 nitrogen and oxygen atoms in total. The Morgan fingerprint density at radius 3 is 2.70 bits per heavy atom. The molecule has 0 saturated carbocycles. The van der Waals surface area contributed by atoms with Gasteiger partial charge in [-0.1, -0.05) is 13.8 Å². The highest BCUT2D eigenvalue weighted by molar-refractivity contribution is 6.18. The van der Waals surface area contributed by atoms with Gasteiger partial charge in [-0.3, -0.25) is 4.79 Å². The van der Waals surface area contributed by atoms with Crippen molar-refractivity contribution in [2.45, 2.75) is 13.8 Å². The monoisotopic (exact) mass is 162 g/mol. The number of halogens is 1. The molecule has 0 amide bonds. The number of hydrogen-bond donors (Lipinski definition) is 0. The van der Waals surface area contributed by atoms with Gasteiger partial charge < -0.3 is 4.74 Å². The van der Waals surface area contributed by atoms with Crippen molar-refractivity contribution in [3.05, 3.63) is 12.3 Å². The number of allylic oxidation sites excluding steroid dienone is 1. The molecule has 0 aliphatic carbocycles. The van der Waals surface area contributed by atoms with Gasteiger partial charge in [0.05, 0.1) is 12.2 Å².